The molecule has 1 aliphatic rings. The topological polar surface area (TPSA) is 49.8 Å². The highest BCUT2D eigenvalue weighted by atomic mass is 16.5. The number of hydrogen-bond acceptors (Lipinski definition) is 4. The lowest BCUT2D eigenvalue weighted by molar-refractivity contribution is -0.149. The number of esters is 1. The number of rotatable bonds is 1. The minimum atomic E-state index is -0.322. The number of ether oxygens (including phenoxy) is 1. The molecule has 0 aromatic carbocycles. The van der Waals surface area contributed by atoms with Crippen LogP contribution in [-0.4, -0.2) is 22.3 Å². The summed E-state index contributed by atoms with van der Waals surface area (Å²) in [6.07, 6.45) is 0.672. The molecule has 72 valence electrons. The van der Waals surface area contributed by atoms with Crippen LogP contribution in [0.2, 0.25) is 0 Å². The van der Waals surface area contributed by atoms with Gasteiger partial charge in [0.1, 0.15) is 6.10 Å². The molecule has 13 heavy (non-hydrogen) atoms. The molecule has 0 bridgehead atoms. The van der Waals surface area contributed by atoms with E-state index in [-0.39, 0.29) is 12.1 Å². The first-order valence-electron chi connectivity index (χ1n) is 4.02. The Morgan fingerprint density at radius 3 is 2.38 bits per heavy atom. The first kappa shape index (κ1) is 9.80. The molecule has 1 rings (SSSR count). The Morgan fingerprint density at radius 1 is 1.54 bits per heavy atom. The Bertz CT molecular complexity index is 242. The van der Waals surface area contributed by atoms with Gasteiger partial charge in [0.25, 0.3) is 0 Å². The van der Waals surface area contributed by atoms with Crippen LogP contribution in [0.25, 0.3) is 0 Å². The van der Waals surface area contributed by atoms with E-state index in [1.54, 1.807) is 0 Å². The number of carbonyl (C=O) groups is 1. The maximum Gasteiger partial charge on any atom is 0.302 e. The molecule has 4 heteroatoms. The second-order valence-corrected chi connectivity index (χ2v) is 3.08. The third kappa shape index (κ3) is 2.32. The molecule has 1 fully saturated rings. The minimum absolute atomic E-state index is 0.235. The van der Waals surface area contributed by atoms with Crippen LogP contribution in [0.3, 0.4) is 0 Å². The van der Waals surface area contributed by atoms with Crippen LogP contribution < -0.4 is 0 Å². The minimum Gasteiger partial charge on any atom is -0.462 e. The zero-order chi connectivity index (χ0) is 10.0. The summed E-state index contributed by atoms with van der Waals surface area (Å²) >= 11 is 0. The van der Waals surface area contributed by atoms with Crippen molar-refractivity contribution in [3.05, 3.63) is 24.6 Å². The molecular weight excluding hydrogens is 170 g/mol. The van der Waals surface area contributed by atoms with Crippen molar-refractivity contribution in [2.45, 2.75) is 25.9 Å². The molecule has 1 aliphatic heterocycles. The average molecular weight is 183 g/mol. The Morgan fingerprint density at radius 2 is 2.00 bits per heavy atom. The van der Waals surface area contributed by atoms with Gasteiger partial charge in [-0.25, -0.2) is 5.06 Å². The molecule has 1 saturated heterocycles. The summed E-state index contributed by atoms with van der Waals surface area (Å²) in [5.41, 5.74) is 1.00. The zero-order valence-electron chi connectivity index (χ0n) is 7.62. The van der Waals surface area contributed by atoms with Crippen molar-refractivity contribution >= 4 is 5.97 Å². The van der Waals surface area contributed by atoms with Crippen LogP contribution in [-0.2, 0) is 9.53 Å². The van der Waals surface area contributed by atoms with E-state index in [1.165, 1.54) is 6.92 Å². The maximum absolute atomic E-state index is 10.6. The van der Waals surface area contributed by atoms with E-state index >= 15 is 0 Å². The maximum atomic E-state index is 10.6. The third-order valence-corrected chi connectivity index (χ3v) is 1.86. The molecule has 0 radical (unpaired) electrons. The van der Waals surface area contributed by atoms with Crippen LogP contribution in [0.15, 0.2) is 24.6 Å². The van der Waals surface area contributed by atoms with Crippen molar-refractivity contribution in [3.63, 3.8) is 0 Å². The van der Waals surface area contributed by atoms with Gasteiger partial charge >= 0.3 is 5.97 Å². The van der Waals surface area contributed by atoms with Crippen molar-refractivity contribution in [1.29, 1.82) is 0 Å². The molecule has 0 aliphatic carbocycles. The SMILES string of the molecule is C=C1CC(OC(C)=O)CC(=C)N1O. The zero-order valence-corrected chi connectivity index (χ0v) is 7.62. The number of hydroxylamine groups is 2. The highest BCUT2D eigenvalue weighted by molar-refractivity contribution is 5.66. The van der Waals surface area contributed by atoms with E-state index < -0.39 is 0 Å². The van der Waals surface area contributed by atoms with Crippen LogP contribution in [0.1, 0.15) is 19.8 Å². The van der Waals surface area contributed by atoms with Crippen molar-refractivity contribution in [2.24, 2.45) is 0 Å². The van der Waals surface area contributed by atoms with Gasteiger partial charge in [-0.05, 0) is 0 Å². The van der Waals surface area contributed by atoms with Gasteiger partial charge in [0.2, 0.25) is 0 Å². The lowest BCUT2D eigenvalue weighted by atomic mass is 10.0. The number of nitrogens with zero attached hydrogens (tertiary/aromatic N) is 1. The molecule has 0 aromatic rings. The normalized spacial score (nSPS) is 19.1. The summed E-state index contributed by atoms with van der Waals surface area (Å²) in [5, 5.41) is 10.2. The van der Waals surface area contributed by atoms with Crippen LogP contribution in [0, 0.1) is 0 Å². The molecule has 0 unspecified atom stereocenters. The first-order chi connectivity index (χ1) is 6.00. The monoisotopic (exact) mass is 183 g/mol. The first-order valence-corrected chi connectivity index (χ1v) is 4.02. The van der Waals surface area contributed by atoms with Gasteiger partial charge in [-0.15, -0.1) is 0 Å². The molecule has 0 saturated carbocycles. The van der Waals surface area contributed by atoms with E-state index in [0.29, 0.717) is 24.2 Å². The van der Waals surface area contributed by atoms with Gasteiger partial charge in [-0.2, -0.15) is 0 Å². The standard InChI is InChI=1S/C9H13NO3/c1-6-4-9(13-8(3)11)5-7(2)10(6)12/h9,12H,1-2,4-5H2,3H3. The number of piperidine rings is 1. The molecule has 1 N–H and O–H groups in total. The summed E-state index contributed by atoms with van der Waals surface area (Å²) in [6, 6.07) is 0. The second kappa shape index (κ2) is 3.62. The van der Waals surface area contributed by atoms with Crippen LogP contribution >= 0.6 is 0 Å². The summed E-state index contributed by atoms with van der Waals surface area (Å²) < 4.78 is 4.98. The van der Waals surface area contributed by atoms with Gasteiger partial charge in [-0.1, -0.05) is 13.2 Å². The van der Waals surface area contributed by atoms with Crippen LogP contribution in [0.5, 0.6) is 0 Å². The van der Waals surface area contributed by atoms with E-state index in [9.17, 15) is 10.0 Å². The molecule has 1 heterocycles. The van der Waals surface area contributed by atoms with Crippen LogP contribution in [0.4, 0.5) is 0 Å². The summed E-state index contributed by atoms with van der Waals surface area (Å²) in [4.78, 5) is 10.6. The van der Waals surface area contributed by atoms with E-state index in [0.717, 1.165) is 5.06 Å². The summed E-state index contributed by atoms with van der Waals surface area (Å²) in [7, 11) is 0. The molecule has 0 amide bonds. The number of carbonyl (C=O) groups excluding carboxylic acids is 1. The van der Waals surface area contributed by atoms with Gasteiger partial charge in [0.15, 0.2) is 0 Å². The van der Waals surface area contributed by atoms with E-state index in [2.05, 4.69) is 13.2 Å². The van der Waals surface area contributed by atoms with E-state index in [4.69, 9.17) is 4.74 Å². The number of hydrogen-bond donors (Lipinski definition) is 1. The predicted molar refractivity (Wildman–Crippen MR) is 46.7 cm³/mol. The van der Waals surface area contributed by atoms with Gasteiger partial charge in [0.05, 0.1) is 0 Å². The summed E-state index contributed by atoms with van der Waals surface area (Å²) in [5.74, 6) is -0.322. The van der Waals surface area contributed by atoms with Crippen molar-refractivity contribution in [3.8, 4) is 0 Å². The fraction of sp³-hybridized carbons (Fsp3) is 0.444. The van der Waals surface area contributed by atoms with Gasteiger partial charge in [0, 0.05) is 31.2 Å². The lowest BCUT2D eigenvalue weighted by Gasteiger charge is -2.31. The summed E-state index contributed by atoms with van der Waals surface area (Å²) in [6.45, 7) is 8.61. The second-order valence-electron chi connectivity index (χ2n) is 3.08. The Balaban J connectivity index is 2.58. The largest absolute Gasteiger partial charge is 0.462 e. The predicted octanol–water partition coefficient (Wildman–Crippen LogP) is 1.43. The smallest absolute Gasteiger partial charge is 0.302 e. The Kier molecular flexibility index (Phi) is 2.72. The fourth-order valence-electron chi connectivity index (χ4n) is 1.31. The Hall–Kier alpha value is -1.29. The highest BCUT2D eigenvalue weighted by Crippen LogP contribution is 2.26. The quantitative estimate of drug-likeness (QED) is 0.625. The molecule has 0 aromatic heterocycles. The van der Waals surface area contributed by atoms with Crippen molar-refractivity contribution in [2.75, 3.05) is 0 Å². The van der Waals surface area contributed by atoms with Gasteiger partial charge < -0.3 is 4.74 Å². The van der Waals surface area contributed by atoms with Crippen molar-refractivity contribution < 1.29 is 14.7 Å². The molecular formula is C9H13NO3. The van der Waals surface area contributed by atoms with Crippen molar-refractivity contribution in [1.82, 2.24) is 5.06 Å². The highest BCUT2D eigenvalue weighted by Gasteiger charge is 2.25. The Labute approximate surface area is 77.1 Å². The average Bonchev–Trinajstić information content (AvgIpc) is 1.98. The molecule has 4 nitrogen and oxygen atoms in total. The fourth-order valence-corrected chi connectivity index (χ4v) is 1.31. The third-order valence-electron chi connectivity index (χ3n) is 1.86. The van der Waals surface area contributed by atoms with E-state index in [1.807, 2.05) is 0 Å². The molecule has 0 spiro atoms. The molecule has 0 atom stereocenters. The van der Waals surface area contributed by atoms with Gasteiger partial charge in [-0.3, -0.25) is 10.0 Å². The lowest BCUT2D eigenvalue weighted by Crippen LogP contribution is -2.31.